The first-order chi connectivity index (χ1) is 17.4. The van der Waals surface area contributed by atoms with E-state index in [1.54, 1.807) is 46.9 Å². The number of hydrogen-bond donors (Lipinski definition) is 2. The molecule has 0 atom stereocenters. The van der Waals surface area contributed by atoms with Gasteiger partial charge in [0.25, 0.3) is 15.9 Å². The highest BCUT2D eigenvalue weighted by molar-refractivity contribution is 7.91. The van der Waals surface area contributed by atoms with Crippen molar-refractivity contribution in [1.82, 2.24) is 14.6 Å². The Balaban J connectivity index is 1.18. The number of halogens is 1. The number of para-hydroxylation sites is 1. The zero-order valence-corrected chi connectivity index (χ0v) is 21.7. The molecule has 4 aromatic rings. The molecular formula is C26H25ClN4O3S2. The number of anilines is 1. The van der Waals surface area contributed by atoms with Crippen LogP contribution >= 0.6 is 22.9 Å². The van der Waals surface area contributed by atoms with Crippen LogP contribution in [0.2, 0.25) is 5.02 Å². The molecule has 186 valence electrons. The minimum atomic E-state index is -3.58. The van der Waals surface area contributed by atoms with Gasteiger partial charge in [0.15, 0.2) is 0 Å². The molecule has 2 N–H and O–H groups in total. The van der Waals surface area contributed by atoms with Crippen molar-refractivity contribution >= 4 is 55.5 Å². The van der Waals surface area contributed by atoms with E-state index in [1.807, 2.05) is 30.3 Å². The molecule has 0 unspecified atom stereocenters. The predicted octanol–water partition coefficient (Wildman–Crippen LogP) is 5.14. The van der Waals surface area contributed by atoms with Crippen molar-refractivity contribution in [1.29, 1.82) is 0 Å². The van der Waals surface area contributed by atoms with Gasteiger partial charge in [-0.2, -0.15) is 4.31 Å². The Morgan fingerprint density at radius 1 is 1.03 bits per heavy atom. The molecule has 1 aliphatic rings. The van der Waals surface area contributed by atoms with Gasteiger partial charge in [0.1, 0.15) is 4.21 Å². The highest BCUT2D eigenvalue weighted by Crippen LogP contribution is 2.29. The van der Waals surface area contributed by atoms with Gasteiger partial charge in [-0.3, -0.25) is 9.78 Å². The third kappa shape index (κ3) is 5.39. The van der Waals surface area contributed by atoms with E-state index in [0.29, 0.717) is 40.7 Å². The SMILES string of the molecule is O=C(NCc1ccc(S(=O)(=O)N2CCC(Nc3cccc4cccnc34)CC2)s1)c1ccc(Cl)cc1. The highest BCUT2D eigenvalue weighted by atomic mass is 35.5. The molecule has 0 saturated carbocycles. The average molecular weight is 541 g/mol. The predicted molar refractivity (Wildman–Crippen MR) is 144 cm³/mol. The Hall–Kier alpha value is -2.98. The number of aromatic nitrogens is 1. The smallest absolute Gasteiger partial charge is 0.252 e. The van der Waals surface area contributed by atoms with Crippen molar-refractivity contribution in [2.45, 2.75) is 29.6 Å². The number of rotatable bonds is 7. The minimum Gasteiger partial charge on any atom is -0.380 e. The second-order valence-corrected chi connectivity index (χ2v) is 12.4. The van der Waals surface area contributed by atoms with Crippen LogP contribution < -0.4 is 10.6 Å². The molecule has 7 nitrogen and oxygen atoms in total. The molecular weight excluding hydrogens is 516 g/mol. The summed E-state index contributed by atoms with van der Waals surface area (Å²) in [6.07, 6.45) is 3.19. The number of nitrogens with zero attached hydrogens (tertiary/aromatic N) is 2. The Labute approximate surface area is 219 Å². The van der Waals surface area contributed by atoms with Crippen LogP contribution in [-0.4, -0.2) is 42.7 Å². The topological polar surface area (TPSA) is 91.4 Å². The van der Waals surface area contributed by atoms with Crippen molar-refractivity contribution in [3.63, 3.8) is 0 Å². The highest BCUT2D eigenvalue weighted by Gasteiger charge is 2.30. The quantitative estimate of drug-likeness (QED) is 0.338. The Morgan fingerprint density at radius 3 is 2.56 bits per heavy atom. The van der Waals surface area contributed by atoms with Gasteiger partial charge in [-0.05, 0) is 61.4 Å². The van der Waals surface area contributed by atoms with E-state index in [1.165, 1.54) is 11.3 Å². The van der Waals surface area contributed by atoms with Crippen LogP contribution in [0.15, 0.2) is 77.1 Å². The lowest BCUT2D eigenvalue weighted by Crippen LogP contribution is -2.42. The third-order valence-corrected chi connectivity index (χ3v) is 9.91. The van der Waals surface area contributed by atoms with Gasteiger partial charge in [0, 0.05) is 46.2 Å². The maximum absolute atomic E-state index is 13.2. The molecule has 0 aliphatic carbocycles. The normalized spacial score (nSPS) is 15.1. The molecule has 3 heterocycles. The van der Waals surface area contributed by atoms with Crippen molar-refractivity contribution in [3.05, 3.63) is 88.4 Å². The lowest BCUT2D eigenvalue weighted by Gasteiger charge is -2.32. The number of thiophene rings is 1. The zero-order chi connectivity index (χ0) is 25.1. The molecule has 36 heavy (non-hydrogen) atoms. The second-order valence-electron chi connectivity index (χ2n) is 8.61. The van der Waals surface area contributed by atoms with Crippen LogP contribution in [0.3, 0.4) is 0 Å². The van der Waals surface area contributed by atoms with E-state index in [0.717, 1.165) is 21.5 Å². The van der Waals surface area contributed by atoms with Gasteiger partial charge >= 0.3 is 0 Å². The van der Waals surface area contributed by atoms with Crippen LogP contribution in [0.4, 0.5) is 5.69 Å². The van der Waals surface area contributed by atoms with Crippen LogP contribution in [0.1, 0.15) is 28.1 Å². The summed E-state index contributed by atoms with van der Waals surface area (Å²) in [6, 6.07) is 20.1. The summed E-state index contributed by atoms with van der Waals surface area (Å²) in [7, 11) is -3.58. The number of carbonyl (C=O) groups excluding carboxylic acids is 1. The number of piperidine rings is 1. The van der Waals surface area contributed by atoms with Crippen molar-refractivity contribution in [3.8, 4) is 0 Å². The molecule has 2 aromatic carbocycles. The maximum atomic E-state index is 13.2. The molecule has 2 aromatic heterocycles. The number of pyridine rings is 1. The number of carbonyl (C=O) groups is 1. The second kappa shape index (κ2) is 10.6. The van der Waals surface area contributed by atoms with Crippen LogP contribution in [0.25, 0.3) is 10.9 Å². The number of amides is 1. The molecule has 0 spiro atoms. The minimum absolute atomic E-state index is 0.172. The van der Waals surface area contributed by atoms with Gasteiger partial charge in [-0.1, -0.05) is 29.8 Å². The zero-order valence-electron chi connectivity index (χ0n) is 19.4. The lowest BCUT2D eigenvalue weighted by molar-refractivity contribution is 0.0951. The Bertz CT molecular complexity index is 1480. The van der Waals surface area contributed by atoms with E-state index in [4.69, 9.17) is 11.6 Å². The number of hydrogen-bond acceptors (Lipinski definition) is 6. The molecule has 1 aliphatic heterocycles. The van der Waals surface area contributed by atoms with Crippen molar-refractivity contribution in [2.75, 3.05) is 18.4 Å². The van der Waals surface area contributed by atoms with Crippen LogP contribution in [0.5, 0.6) is 0 Å². The van der Waals surface area contributed by atoms with Gasteiger partial charge in [0.2, 0.25) is 0 Å². The standard InChI is InChI=1S/C26H25ClN4O3S2/c27-20-8-6-19(7-9-20)26(32)29-17-22-10-11-24(35-22)36(33,34)31-15-12-21(13-16-31)30-23-5-1-3-18-4-2-14-28-25(18)23/h1-11,14,21,30H,12-13,15-17H2,(H,29,32). The number of fused-ring (bicyclic) bond motifs is 1. The van der Waals surface area contributed by atoms with Crippen LogP contribution in [-0.2, 0) is 16.6 Å². The molecule has 0 radical (unpaired) electrons. The fraction of sp³-hybridized carbons (Fsp3) is 0.231. The molecule has 5 rings (SSSR count). The third-order valence-electron chi connectivity index (χ3n) is 6.21. The molecule has 1 amide bonds. The van der Waals surface area contributed by atoms with E-state index in [2.05, 4.69) is 15.6 Å². The first-order valence-corrected chi connectivity index (χ1v) is 14.3. The van der Waals surface area contributed by atoms with E-state index in [9.17, 15) is 13.2 Å². The summed E-state index contributed by atoms with van der Waals surface area (Å²) in [5.74, 6) is -0.236. The van der Waals surface area contributed by atoms with Gasteiger partial charge < -0.3 is 10.6 Å². The monoisotopic (exact) mass is 540 g/mol. The van der Waals surface area contributed by atoms with E-state index in [-0.39, 0.29) is 18.5 Å². The van der Waals surface area contributed by atoms with Crippen LogP contribution in [0, 0.1) is 0 Å². The summed E-state index contributed by atoms with van der Waals surface area (Å²) in [5.41, 5.74) is 2.39. The summed E-state index contributed by atoms with van der Waals surface area (Å²) < 4.78 is 28.3. The summed E-state index contributed by atoms with van der Waals surface area (Å²) in [5, 5.41) is 8.01. The summed E-state index contributed by atoms with van der Waals surface area (Å²) in [6.45, 7) is 1.14. The summed E-state index contributed by atoms with van der Waals surface area (Å²) >= 11 is 7.06. The van der Waals surface area contributed by atoms with E-state index >= 15 is 0 Å². The largest absolute Gasteiger partial charge is 0.380 e. The number of nitrogens with one attached hydrogen (secondary N) is 2. The van der Waals surface area contributed by atoms with E-state index < -0.39 is 10.0 Å². The Kier molecular flexibility index (Phi) is 7.25. The molecule has 1 fully saturated rings. The first-order valence-electron chi connectivity index (χ1n) is 11.6. The fourth-order valence-electron chi connectivity index (χ4n) is 4.27. The number of benzene rings is 2. The van der Waals surface area contributed by atoms with Crippen molar-refractivity contribution in [2.24, 2.45) is 0 Å². The van der Waals surface area contributed by atoms with Gasteiger partial charge in [0.05, 0.1) is 17.7 Å². The fourth-order valence-corrected chi connectivity index (χ4v) is 7.32. The van der Waals surface area contributed by atoms with Gasteiger partial charge in [-0.25, -0.2) is 8.42 Å². The Morgan fingerprint density at radius 2 is 1.78 bits per heavy atom. The summed E-state index contributed by atoms with van der Waals surface area (Å²) in [4.78, 5) is 17.6. The van der Waals surface area contributed by atoms with Gasteiger partial charge in [-0.15, -0.1) is 11.3 Å². The molecule has 10 heteroatoms. The first kappa shape index (κ1) is 24.7. The maximum Gasteiger partial charge on any atom is 0.252 e. The average Bonchev–Trinajstić information content (AvgIpc) is 3.38. The number of sulfonamides is 1. The molecule has 0 bridgehead atoms. The van der Waals surface area contributed by atoms with Crippen molar-refractivity contribution < 1.29 is 13.2 Å². The molecule has 1 saturated heterocycles. The lowest BCUT2D eigenvalue weighted by atomic mass is 10.1.